The molecule has 4 nitrogen and oxygen atoms in total. The van der Waals surface area contributed by atoms with Gasteiger partial charge in [-0.3, -0.25) is 4.79 Å². The molecule has 6 atom stereocenters. The molecule has 0 radical (unpaired) electrons. The normalized spacial score (nSPS) is 41.5. The van der Waals surface area contributed by atoms with E-state index in [4.69, 9.17) is 4.74 Å². The van der Waals surface area contributed by atoms with Crippen molar-refractivity contribution in [3.63, 3.8) is 0 Å². The lowest BCUT2D eigenvalue weighted by atomic mass is 9.47. The van der Waals surface area contributed by atoms with Gasteiger partial charge in [-0.1, -0.05) is 25.5 Å². The van der Waals surface area contributed by atoms with E-state index in [1.165, 1.54) is 12.5 Å². The quantitative estimate of drug-likeness (QED) is 0.356. The number of fused-ring (bicyclic) bond motifs is 5. The standard InChI is InChI=1S/C24H30N2O2/c1-15(27)28-18-8-10-23(2)17(12-18)4-5-19-21-7-6-20(16(13-25)14-26)24(21,3)11-9-22(19)23/h4,18-19,21-22H,5-12H2,1-3H3/t18-,19?,21?,22?,23-,24+/m0/s1. The van der Waals surface area contributed by atoms with E-state index in [-0.39, 0.29) is 22.9 Å². The highest BCUT2D eigenvalue weighted by Crippen LogP contribution is 2.66. The lowest BCUT2D eigenvalue weighted by Gasteiger charge is -2.57. The minimum atomic E-state index is -0.174. The van der Waals surface area contributed by atoms with Crippen molar-refractivity contribution < 1.29 is 9.53 Å². The number of esters is 1. The summed E-state index contributed by atoms with van der Waals surface area (Å²) in [5, 5.41) is 18.9. The molecule has 0 aliphatic heterocycles. The Morgan fingerprint density at radius 1 is 1.11 bits per heavy atom. The summed E-state index contributed by atoms with van der Waals surface area (Å²) in [7, 11) is 0. The van der Waals surface area contributed by atoms with Gasteiger partial charge in [-0.25, -0.2) is 0 Å². The van der Waals surface area contributed by atoms with Gasteiger partial charge in [0.15, 0.2) is 0 Å². The summed E-state index contributed by atoms with van der Waals surface area (Å²) in [6.07, 6.45) is 10.8. The van der Waals surface area contributed by atoms with Gasteiger partial charge in [0, 0.05) is 13.3 Å². The smallest absolute Gasteiger partial charge is 0.302 e. The average molecular weight is 379 g/mol. The number of hydrogen-bond donors (Lipinski definition) is 0. The first-order valence-electron chi connectivity index (χ1n) is 10.7. The zero-order chi connectivity index (χ0) is 20.1. The van der Waals surface area contributed by atoms with Crippen molar-refractivity contribution in [1.82, 2.24) is 0 Å². The van der Waals surface area contributed by atoms with E-state index in [0.717, 1.165) is 56.9 Å². The predicted octanol–water partition coefficient (Wildman–Crippen LogP) is 5.22. The lowest BCUT2D eigenvalue weighted by molar-refractivity contribution is -0.148. The molecular formula is C24H30N2O2. The molecule has 0 bridgehead atoms. The van der Waals surface area contributed by atoms with Crippen LogP contribution < -0.4 is 0 Å². The van der Waals surface area contributed by atoms with Crippen molar-refractivity contribution in [3.05, 3.63) is 22.8 Å². The fraction of sp³-hybridized carbons (Fsp3) is 0.708. The van der Waals surface area contributed by atoms with E-state index in [2.05, 4.69) is 32.1 Å². The van der Waals surface area contributed by atoms with Gasteiger partial charge in [-0.15, -0.1) is 0 Å². The van der Waals surface area contributed by atoms with E-state index in [1.807, 2.05) is 0 Å². The number of ether oxygens (including phenoxy) is 1. The molecule has 4 aliphatic carbocycles. The first-order valence-corrected chi connectivity index (χ1v) is 10.7. The van der Waals surface area contributed by atoms with Crippen LogP contribution in [0.25, 0.3) is 0 Å². The molecule has 0 amide bonds. The summed E-state index contributed by atoms with van der Waals surface area (Å²) in [6.45, 7) is 6.25. The summed E-state index contributed by atoms with van der Waals surface area (Å²) in [5.74, 6) is 1.69. The van der Waals surface area contributed by atoms with E-state index in [9.17, 15) is 15.3 Å². The van der Waals surface area contributed by atoms with E-state index in [0.29, 0.717) is 23.3 Å². The van der Waals surface area contributed by atoms with Crippen LogP contribution in [0.3, 0.4) is 0 Å². The molecular weight excluding hydrogens is 348 g/mol. The molecule has 4 aliphatic rings. The first-order chi connectivity index (χ1) is 13.3. The van der Waals surface area contributed by atoms with Gasteiger partial charge in [0.05, 0.1) is 0 Å². The third-order valence-corrected chi connectivity index (χ3v) is 8.70. The fourth-order valence-electron chi connectivity index (χ4n) is 7.35. The maximum Gasteiger partial charge on any atom is 0.302 e. The van der Waals surface area contributed by atoms with Crippen LogP contribution in [-0.2, 0) is 9.53 Å². The van der Waals surface area contributed by atoms with Crippen molar-refractivity contribution in [2.24, 2.45) is 28.6 Å². The molecule has 0 aromatic heterocycles. The Labute approximate surface area is 168 Å². The summed E-state index contributed by atoms with van der Waals surface area (Å²) in [4.78, 5) is 11.4. The topological polar surface area (TPSA) is 73.9 Å². The second kappa shape index (κ2) is 6.77. The number of carbonyl (C=O) groups excluding carboxylic acids is 1. The maximum absolute atomic E-state index is 11.4. The second-order valence-corrected chi connectivity index (χ2v) is 9.81. The zero-order valence-electron chi connectivity index (χ0n) is 17.3. The number of rotatable bonds is 1. The Kier molecular flexibility index (Phi) is 4.65. The fourth-order valence-corrected chi connectivity index (χ4v) is 7.35. The van der Waals surface area contributed by atoms with E-state index in [1.54, 1.807) is 0 Å². The minimum absolute atomic E-state index is 0.0125. The third-order valence-electron chi connectivity index (χ3n) is 8.70. The van der Waals surface area contributed by atoms with Crippen molar-refractivity contribution in [3.8, 4) is 12.1 Å². The van der Waals surface area contributed by atoms with Crippen LogP contribution in [0.15, 0.2) is 22.8 Å². The van der Waals surface area contributed by atoms with Crippen LogP contribution in [0.1, 0.15) is 72.1 Å². The molecule has 3 unspecified atom stereocenters. The van der Waals surface area contributed by atoms with Gasteiger partial charge < -0.3 is 4.74 Å². The summed E-state index contributed by atoms with van der Waals surface area (Å²) in [5.41, 5.74) is 3.21. The van der Waals surface area contributed by atoms with E-state index < -0.39 is 0 Å². The van der Waals surface area contributed by atoms with Crippen molar-refractivity contribution in [1.29, 1.82) is 10.5 Å². The van der Waals surface area contributed by atoms with Crippen LogP contribution >= 0.6 is 0 Å². The highest BCUT2D eigenvalue weighted by Gasteiger charge is 2.57. The van der Waals surface area contributed by atoms with Gasteiger partial charge in [-0.2, -0.15) is 10.5 Å². The number of allylic oxidation sites excluding steroid dienone is 3. The van der Waals surface area contributed by atoms with Crippen LogP contribution in [-0.4, -0.2) is 12.1 Å². The molecule has 0 aromatic rings. The van der Waals surface area contributed by atoms with Gasteiger partial charge >= 0.3 is 5.97 Å². The van der Waals surface area contributed by atoms with Gasteiger partial charge in [0.25, 0.3) is 0 Å². The number of carbonyl (C=O) groups is 1. The molecule has 148 valence electrons. The molecule has 3 fully saturated rings. The SMILES string of the molecule is CC(=O)O[C@H]1CC[C@@]2(C)C(=CCC3C2CC[C@]2(C)C(=C(C#N)C#N)CCC32)C1. The van der Waals surface area contributed by atoms with Crippen LogP contribution in [0, 0.1) is 51.2 Å². The molecule has 4 heteroatoms. The molecule has 4 rings (SSSR count). The molecule has 28 heavy (non-hydrogen) atoms. The van der Waals surface area contributed by atoms with Crippen molar-refractivity contribution in [2.75, 3.05) is 0 Å². The third kappa shape index (κ3) is 2.73. The molecule has 3 saturated carbocycles. The maximum atomic E-state index is 11.4. The Hall–Kier alpha value is -2.07. The molecule has 0 saturated heterocycles. The summed E-state index contributed by atoms with van der Waals surface area (Å²) < 4.78 is 5.52. The van der Waals surface area contributed by atoms with Crippen LogP contribution in [0.5, 0.6) is 0 Å². The van der Waals surface area contributed by atoms with Crippen molar-refractivity contribution in [2.45, 2.75) is 78.2 Å². The highest BCUT2D eigenvalue weighted by molar-refractivity contribution is 5.66. The van der Waals surface area contributed by atoms with Crippen LogP contribution in [0.2, 0.25) is 0 Å². The van der Waals surface area contributed by atoms with Crippen molar-refractivity contribution >= 4 is 5.97 Å². The monoisotopic (exact) mass is 378 g/mol. The largest absolute Gasteiger partial charge is 0.462 e. The molecule has 0 N–H and O–H groups in total. The van der Waals surface area contributed by atoms with E-state index >= 15 is 0 Å². The predicted molar refractivity (Wildman–Crippen MR) is 106 cm³/mol. The van der Waals surface area contributed by atoms with Crippen LogP contribution in [0.4, 0.5) is 0 Å². The van der Waals surface area contributed by atoms with Gasteiger partial charge in [0.2, 0.25) is 0 Å². The summed E-state index contributed by atoms with van der Waals surface area (Å²) in [6, 6.07) is 4.32. The first kappa shape index (κ1) is 19.3. The average Bonchev–Trinajstić information content (AvgIpc) is 3.00. The Balaban J connectivity index is 1.63. The molecule has 0 aromatic carbocycles. The number of nitrogens with zero attached hydrogens (tertiary/aromatic N) is 2. The Morgan fingerprint density at radius 3 is 2.46 bits per heavy atom. The minimum Gasteiger partial charge on any atom is -0.462 e. The number of nitriles is 2. The number of hydrogen-bond acceptors (Lipinski definition) is 4. The highest BCUT2D eigenvalue weighted by atomic mass is 16.5. The van der Waals surface area contributed by atoms with Gasteiger partial charge in [-0.05, 0) is 79.1 Å². The zero-order valence-corrected chi connectivity index (χ0v) is 17.3. The molecule has 0 heterocycles. The Bertz CT molecular complexity index is 826. The second-order valence-electron chi connectivity index (χ2n) is 9.81. The lowest BCUT2D eigenvalue weighted by Crippen LogP contribution is -2.49. The van der Waals surface area contributed by atoms with Gasteiger partial charge in [0.1, 0.15) is 23.8 Å². The molecule has 0 spiro atoms. The Morgan fingerprint density at radius 2 is 1.79 bits per heavy atom. The summed E-state index contributed by atoms with van der Waals surface area (Å²) >= 11 is 0.